The highest BCUT2D eigenvalue weighted by Crippen LogP contribution is 2.21. The van der Waals surface area contributed by atoms with Gasteiger partial charge in [0.15, 0.2) is 11.5 Å². The van der Waals surface area contributed by atoms with Gasteiger partial charge in [0.1, 0.15) is 6.33 Å². The molecule has 5 aromatic rings. The molecule has 0 spiro atoms. The molecule has 10 heteroatoms. The highest BCUT2D eigenvalue weighted by atomic mass is 16.6. The number of nitrogens with one attached hydrogen (secondary N) is 1. The van der Waals surface area contributed by atoms with Crippen LogP contribution in [0.5, 0.6) is 0 Å². The molecule has 0 saturated heterocycles. The van der Waals surface area contributed by atoms with Crippen LogP contribution in [0.25, 0.3) is 22.4 Å². The summed E-state index contributed by atoms with van der Waals surface area (Å²) < 4.78 is 3.61. The van der Waals surface area contributed by atoms with Crippen LogP contribution in [0.3, 0.4) is 0 Å². The maximum Gasteiger partial charge on any atom is 0.269 e. The van der Waals surface area contributed by atoms with Gasteiger partial charge in [-0.1, -0.05) is 18.2 Å². The van der Waals surface area contributed by atoms with Crippen molar-refractivity contribution in [3.8, 4) is 11.4 Å². The molecule has 10 nitrogen and oxygen atoms in total. The maximum absolute atomic E-state index is 10.9. The monoisotopic (exact) mass is 424 g/mol. The highest BCUT2D eigenvalue weighted by molar-refractivity contribution is 5.88. The molecule has 3 heterocycles. The predicted octanol–water partition coefficient (Wildman–Crippen LogP) is 3.96. The van der Waals surface area contributed by atoms with E-state index in [0.717, 1.165) is 22.5 Å². The lowest BCUT2D eigenvalue weighted by Gasteiger charge is -2.06. The molecule has 0 atom stereocenters. The number of hydrogen-bond acceptors (Lipinski definition) is 7. The van der Waals surface area contributed by atoms with Crippen molar-refractivity contribution in [2.75, 3.05) is 5.43 Å². The first-order valence-electron chi connectivity index (χ1n) is 9.66. The van der Waals surface area contributed by atoms with Gasteiger partial charge in [0.05, 0.1) is 34.1 Å². The van der Waals surface area contributed by atoms with E-state index in [1.54, 1.807) is 29.2 Å². The summed E-state index contributed by atoms with van der Waals surface area (Å²) in [6, 6.07) is 19.8. The van der Waals surface area contributed by atoms with Gasteiger partial charge in [-0.15, -0.1) is 0 Å². The van der Waals surface area contributed by atoms with E-state index in [0.29, 0.717) is 11.5 Å². The number of para-hydroxylation sites is 1. The SMILES string of the molecule is O=[N+]([O-])c1ccc(-n2cccc2/C=N/Nc2ncnc3c2cnn3-c2ccccc2)cc1. The number of nitrogens with zero attached hydrogens (tertiary/aromatic N) is 7. The van der Waals surface area contributed by atoms with Crippen molar-refractivity contribution in [3.05, 3.63) is 101 Å². The molecule has 0 unspecified atom stereocenters. The van der Waals surface area contributed by atoms with Crippen LogP contribution >= 0.6 is 0 Å². The summed E-state index contributed by atoms with van der Waals surface area (Å²) in [5.41, 5.74) is 6.14. The third kappa shape index (κ3) is 3.56. The van der Waals surface area contributed by atoms with E-state index >= 15 is 0 Å². The molecule has 0 amide bonds. The van der Waals surface area contributed by atoms with Crippen LogP contribution in [0.1, 0.15) is 5.69 Å². The Morgan fingerprint density at radius 2 is 1.78 bits per heavy atom. The maximum atomic E-state index is 10.9. The number of nitro groups is 1. The Labute approximate surface area is 181 Å². The van der Waals surface area contributed by atoms with Crippen LogP contribution in [0.15, 0.2) is 90.6 Å². The lowest BCUT2D eigenvalue weighted by atomic mass is 10.3. The summed E-state index contributed by atoms with van der Waals surface area (Å²) in [6.45, 7) is 0. The van der Waals surface area contributed by atoms with Crippen molar-refractivity contribution in [2.45, 2.75) is 0 Å². The molecule has 0 bridgehead atoms. The highest BCUT2D eigenvalue weighted by Gasteiger charge is 2.11. The Balaban J connectivity index is 1.39. The summed E-state index contributed by atoms with van der Waals surface area (Å²) >= 11 is 0. The number of hydrazone groups is 1. The first kappa shape index (κ1) is 19.1. The number of nitro benzene ring substituents is 1. The quantitative estimate of drug-likeness (QED) is 0.251. The molecule has 0 aliphatic rings. The van der Waals surface area contributed by atoms with Crippen molar-refractivity contribution >= 4 is 28.8 Å². The molecule has 3 aromatic heterocycles. The third-order valence-electron chi connectivity index (χ3n) is 4.85. The van der Waals surface area contributed by atoms with Crippen molar-refractivity contribution in [3.63, 3.8) is 0 Å². The number of benzene rings is 2. The third-order valence-corrected chi connectivity index (χ3v) is 4.85. The number of aromatic nitrogens is 5. The van der Waals surface area contributed by atoms with Crippen LogP contribution in [-0.4, -0.2) is 35.5 Å². The first-order chi connectivity index (χ1) is 15.7. The van der Waals surface area contributed by atoms with E-state index < -0.39 is 4.92 Å². The van der Waals surface area contributed by atoms with Crippen LogP contribution in [0, 0.1) is 10.1 Å². The topological polar surface area (TPSA) is 116 Å². The van der Waals surface area contributed by atoms with Gasteiger partial charge in [-0.3, -0.25) is 15.5 Å². The Bertz CT molecular complexity index is 1420. The molecule has 0 radical (unpaired) electrons. The molecule has 156 valence electrons. The number of fused-ring (bicyclic) bond motifs is 1. The Morgan fingerprint density at radius 3 is 2.56 bits per heavy atom. The lowest BCUT2D eigenvalue weighted by molar-refractivity contribution is -0.384. The fourth-order valence-corrected chi connectivity index (χ4v) is 3.32. The lowest BCUT2D eigenvalue weighted by Crippen LogP contribution is -2.01. The smallest absolute Gasteiger partial charge is 0.269 e. The molecule has 32 heavy (non-hydrogen) atoms. The largest absolute Gasteiger partial charge is 0.316 e. The molecule has 5 rings (SSSR count). The second kappa shape index (κ2) is 8.11. The van der Waals surface area contributed by atoms with E-state index in [4.69, 9.17) is 0 Å². The van der Waals surface area contributed by atoms with Crippen molar-refractivity contribution in [2.24, 2.45) is 5.10 Å². The summed E-state index contributed by atoms with van der Waals surface area (Å²) in [5.74, 6) is 0.530. The van der Waals surface area contributed by atoms with Crippen LogP contribution in [0.4, 0.5) is 11.5 Å². The van der Waals surface area contributed by atoms with E-state index in [9.17, 15) is 10.1 Å². The van der Waals surface area contributed by atoms with Gasteiger partial charge < -0.3 is 4.57 Å². The summed E-state index contributed by atoms with van der Waals surface area (Å²) in [7, 11) is 0. The number of anilines is 1. The average Bonchev–Trinajstić information content (AvgIpc) is 3.47. The summed E-state index contributed by atoms with van der Waals surface area (Å²) in [6.07, 6.45) is 6.66. The van der Waals surface area contributed by atoms with Gasteiger partial charge in [-0.2, -0.15) is 10.2 Å². The van der Waals surface area contributed by atoms with E-state index in [1.807, 2.05) is 53.2 Å². The average molecular weight is 424 g/mol. The van der Waals surface area contributed by atoms with Crippen molar-refractivity contribution < 1.29 is 4.92 Å². The summed E-state index contributed by atoms with van der Waals surface area (Å²) in [4.78, 5) is 19.1. The van der Waals surface area contributed by atoms with Crippen LogP contribution < -0.4 is 5.43 Å². The van der Waals surface area contributed by atoms with Crippen molar-refractivity contribution in [1.29, 1.82) is 0 Å². The Kier molecular flexibility index (Phi) is 4.85. The van der Waals surface area contributed by atoms with Gasteiger partial charge in [-0.25, -0.2) is 14.6 Å². The molecule has 0 aliphatic carbocycles. The molecule has 0 fully saturated rings. The first-order valence-corrected chi connectivity index (χ1v) is 9.66. The molecule has 0 saturated carbocycles. The van der Waals surface area contributed by atoms with Gasteiger partial charge in [0.2, 0.25) is 0 Å². The van der Waals surface area contributed by atoms with Crippen molar-refractivity contribution in [1.82, 2.24) is 24.3 Å². The number of rotatable bonds is 6. The zero-order valence-corrected chi connectivity index (χ0v) is 16.6. The van der Waals surface area contributed by atoms with E-state index in [-0.39, 0.29) is 5.69 Å². The number of non-ortho nitro benzene ring substituents is 1. The number of hydrogen-bond donors (Lipinski definition) is 1. The normalized spacial score (nSPS) is 11.2. The second-order valence-electron chi connectivity index (χ2n) is 6.80. The minimum absolute atomic E-state index is 0.0432. The zero-order valence-electron chi connectivity index (χ0n) is 16.6. The van der Waals surface area contributed by atoms with E-state index in [1.165, 1.54) is 18.5 Å². The fraction of sp³-hybridized carbons (Fsp3) is 0. The fourth-order valence-electron chi connectivity index (χ4n) is 3.32. The Hall–Kier alpha value is -4.86. The minimum atomic E-state index is -0.423. The minimum Gasteiger partial charge on any atom is -0.316 e. The molecule has 0 aliphatic heterocycles. The molecule has 1 N–H and O–H groups in total. The van der Waals surface area contributed by atoms with Gasteiger partial charge in [0, 0.05) is 24.0 Å². The van der Waals surface area contributed by atoms with Crippen LogP contribution in [0.2, 0.25) is 0 Å². The Morgan fingerprint density at radius 1 is 0.969 bits per heavy atom. The van der Waals surface area contributed by atoms with E-state index in [2.05, 4.69) is 25.6 Å². The van der Waals surface area contributed by atoms with Gasteiger partial charge in [-0.05, 0) is 36.4 Å². The standard InChI is InChI=1S/C22H16N8O2/c31-30(32)18-10-8-16(9-11-18)28-12-4-7-19(28)13-25-27-21-20-14-26-29(22(20)24-15-23-21)17-5-2-1-3-6-17/h1-15H,(H,23,24,27)/b25-13+. The second-order valence-corrected chi connectivity index (χ2v) is 6.80. The van der Waals surface area contributed by atoms with Gasteiger partial charge in [0.25, 0.3) is 5.69 Å². The zero-order chi connectivity index (χ0) is 21.9. The molecular formula is C22H16N8O2. The van der Waals surface area contributed by atoms with Crippen LogP contribution in [-0.2, 0) is 0 Å². The molecular weight excluding hydrogens is 408 g/mol. The molecule has 2 aromatic carbocycles. The van der Waals surface area contributed by atoms with Gasteiger partial charge >= 0.3 is 0 Å². The predicted molar refractivity (Wildman–Crippen MR) is 120 cm³/mol. The summed E-state index contributed by atoms with van der Waals surface area (Å²) in [5, 5.41) is 20.3.